The molecule has 0 bridgehead atoms. The van der Waals surface area contributed by atoms with E-state index in [1.54, 1.807) is 0 Å². The summed E-state index contributed by atoms with van der Waals surface area (Å²) in [5.74, 6) is 0.771. The number of nitrogens with zero attached hydrogens (tertiary/aromatic N) is 2. The maximum atomic E-state index is 5.07. The lowest BCUT2D eigenvalue weighted by Crippen LogP contribution is -2.07. The van der Waals surface area contributed by atoms with Crippen LogP contribution in [0.4, 0.5) is 0 Å². The van der Waals surface area contributed by atoms with E-state index in [1.165, 1.54) is 11.1 Å². The molecule has 1 aliphatic rings. The van der Waals surface area contributed by atoms with Crippen molar-refractivity contribution in [2.75, 3.05) is 0 Å². The Morgan fingerprint density at radius 2 is 1.29 bits per heavy atom. The summed E-state index contributed by atoms with van der Waals surface area (Å²) < 4.78 is 0. The van der Waals surface area contributed by atoms with Crippen LogP contribution in [0.1, 0.15) is 41.5 Å². The summed E-state index contributed by atoms with van der Waals surface area (Å²) in [5.41, 5.74) is 6.70. The molecule has 0 unspecified atom stereocenters. The summed E-state index contributed by atoms with van der Waals surface area (Å²) in [6.45, 7) is 2.11. The van der Waals surface area contributed by atoms with Crippen LogP contribution in [-0.2, 0) is 0 Å². The monoisotopic (exact) mass is 364 g/mol. The molecule has 0 aromatic heterocycles. The summed E-state index contributed by atoms with van der Waals surface area (Å²) in [4.78, 5) is 10.1. The van der Waals surface area contributed by atoms with Gasteiger partial charge in [0.15, 0.2) is 5.84 Å². The van der Waals surface area contributed by atoms with Gasteiger partial charge in [-0.05, 0) is 37.3 Å². The highest BCUT2D eigenvalue weighted by Crippen LogP contribution is 2.22. The lowest BCUT2D eigenvalue weighted by molar-refractivity contribution is 0.896. The quantitative estimate of drug-likeness (QED) is 0.510. The van der Waals surface area contributed by atoms with E-state index in [1.807, 2.05) is 24.3 Å². The zero-order valence-corrected chi connectivity index (χ0v) is 16.2. The maximum absolute atomic E-state index is 5.07. The Bertz CT molecular complexity index is 1010. The number of amidine groups is 1. The fourth-order valence-corrected chi connectivity index (χ4v) is 3.34. The lowest BCUT2D eigenvalue weighted by Gasteiger charge is -2.09. The Hall–Kier alpha value is -3.26. The Balaban J connectivity index is 1.84. The van der Waals surface area contributed by atoms with Crippen molar-refractivity contribution in [2.24, 2.45) is 9.98 Å². The molecule has 28 heavy (non-hydrogen) atoms. The second-order valence-electron chi connectivity index (χ2n) is 7.07. The highest BCUT2D eigenvalue weighted by Gasteiger charge is 2.12. The van der Waals surface area contributed by atoms with Crippen LogP contribution in [0.25, 0.3) is 5.70 Å². The van der Waals surface area contributed by atoms with E-state index in [-0.39, 0.29) is 0 Å². The molecule has 0 spiro atoms. The van der Waals surface area contributed by atoms with E-state index >= 15 is 0 Å². The average molecular weight is 364 g/mol. The molecule has 138 valence electrons. The van der Waals surface area contributed by atoms with Gasteiger partial charge in [0.1, 0.15) is 0 Å². The number of aryl methyl sites for hydroxylation is 1. The lowest BCUT2D eigenvalue weighted by atomic mass is 10.0. The number of benzene rings is 3. The van der Waals surface area contributed by atoms with Crippen molar-refractivity contribution in [3.8, 4) is 0 Å². The van der Waals surface area contributed by atoms with Crippen molar-refractivity contribution < 1.29 is 0 Å². The number of aliphatic imine (C=N–C) groups is 2. The van der Waals surface area contributed by atoms with Gasteiger partial charge in [-0.15, -0.1) is 0 Å². The van der Waals surface area contributed by atoms with E-state index in [9.17, 15) is 0 Å². The molecule has 0 amide bonds. The fourth-order valence-electron chi connectivity index (χ4n) is 3.34. The first-order valence-electron chi connectivity index (χ1n) is 9.84. The first-order chi connectivity index (χ1) is 13.8. The van der Waals surface area contributed by atoms with Crippen LogP contribution >= 0.6 is 0 Å². The molecule has 0 atom stereocenters. The van der Waals surface area contributed by atoms with E-state index < -0.39 is 0 Å². The van der Waals surface area contributed by atoms with Gasteiger partial charge in [0.2, 0.25) is 0 Å². The van der Waals surface area contributed by atoms with Gasteiger partial charge in [0, 0.05) is 5.56 Å². The van der Waals surface area contributed by atoms with Gasteiger partial charge >= 0.3 is 0 Å². The first-order valence-corrected chi connectivity index (χ1v) is 9.84. The van der Waals surface area contributed by atoms with Crippen molar-refractivity contribution >= 4 is 17.2 Å². The zero-order valence-electron chi connectivity index (χ0n) is 16.2. The van der Waals surface area contributed by atoms with Crippen molar-refractivity contribution in [2.45, 2.75) is 26.2 Å². The SMILES string of the molecule is Cc1ccc(/C2=N/C(c3ccccc3)=N\C(c3ccccc3)=C/CCC2)cc1. The predicted molar refractivity (Wildman–Crippen MR) is 119 cm³/mol. The maximum Gasteiger partial charge on any atom is 0.160 e. The van der Waals surface area contributed by atoms with Crippen molar-refractivity contribution in [3.05, 3.63) is 113 Å². The molecule has 1 aliphatic heterocycles. The molecular weight excluding hydrogens is 340 g/mol. The molecule has 3 aromatic rings. The number of hydrogen-bond donors (Lipinski definition) is 0. The van der Waals surface area contributed by atoms with E-state index in [4.69, 9.17) is 9.98 Å². The van der Waals surface area contributed by atoms with Crippen LogP contribution in [0, 0.1) is 6.92 Å². The molecule has 0 aliphatic carbocycles. The van der Waals surface area contributed by atoms with Crippen molar-refractivity contribution in [1.29, 1.82) is 0 Å². The Kier molecular flexibility index (Phi) is 5.58. The van der Waals surface area contributed by atoms with Crippen molar-refractivity contribution in [1.82, 2.24) is 0 Å². The molecule has 0 saturated heterocycles. The van der Waals surface area contributed by atoms with Gasteiger partial charge in [-0.2, -0.15) is 0 Å². The van der Waals surface area contributed by atoms with Crippen LogP contribution in [0.2, 0.25) is 0 Å². The van der Waals surface area contributed by atoms with Crippen LogP contribution in [-0.4, -0.2) is 11.5 Å². The second kappa shape index (κ2) is 8.62. The molecule has 4 rings (SSSR count). The predicted octanol–water partition coefficient (Wildman–Crippen LogP) is 6.46. The Morgan fingerprint density at radius 3 is 1.96 bits per heavy atom. The molecule has 0 N–H and O–H groups in total. The van der Waals surface area contributed by atoms with Crippen molar-refractivity contribution in [3.63, 3.8) is 0 Å². The Morgan fingerprint density at radius 1 is 0.643 bits per heavy atom. The van der Waals surface area contributed by atoms with Crippen LogP contribution in [0.5, 0.6) is 0 Å². The Labute approximate surface area is 167 Å². The fraction of sp³-hybridized carbons (Fsp3) is 0.154. The summed E-state index contributed by atoms with van der Waals surface area (Å²) >= 11 is 0. The van der Waals surface area contributed by atoms with Gasteiger partial charge in [-0.3, -0.25) is 0 Å². The largest absolute Gasteiger partial charge is 0.233 e. The minimum Gasteiger partial charge on any atom is -0.233 e. The molecule has 1 heterocycles. The third-order valence-corrected chi connectivity index (χ3v) is 4.91. The minimum absolute atomic E-state index is 0.771. The number of hydrogen-bond acceptors (Lipinski definition) is 2. The van der Waals surface area contributed by atoms with E-state index in [0.29, 0.717) is 0 Å². The smallest absolute Gasteiger partial charge is 0.160 e. The zero-order chi connectivity index (χ0) is 19.2. The molecule has 0 saturated carbocycles. The van der Waals surface area contributed by atoms with Crippen LogP contribution < -0.4 is 0 Å². The topological polar surface area (TPSA) is 24.7 Å². The van der Waals surface area contributed by atoms with Crippen LogP contribution in [0.3, 0.4) is 0 Å². The van der Waals surface area contributed by atoms with Gasteiger partial charge in [-0.1, -0.05) is 96.6 Å². The third-order valence-electron chi connectivity index (χ3n) is 4.91. The standard InChI is InChI=1S/C26H24N2/c1-20-16-18-22(19-17-20)25-15-9-8-14-24(21-10-4-2-5-11-21)27-26(28-25)23-12-6-3-7-13-23/h2-7,10-14,16-19H,8-9,15H2,1H3/b24-14-,27-26-,28-25+. The normalized spacial score (nSPS) is 20.4. The molecule has 3 aromatic carbocycles. The summed E-state index contributed by atoms with van der Waals surface area (Å²) in [5, 5.41) is 0. The summed E-state index contributed by atoms with van der Waals surface area (Å²) in [7, 11) is 0. The highest BCUT2D eigenvalue weighted by atomic mass is 14.9. The molecule has 2 heteroatoms. The van der Waals surface area contributed by atoms with Gasteiger partial charge in [0.25, 0.3) is 0 Å². The minimum atomic E-state index is 0.771. The van der Waals surface area contributed by atoms with E-state index in [0.717, 1.165) is 47.6 Å². The first kappa shape index (κ1) is 18.1. The third kappa shape index (κ3) is 4.34. The van der Waals surface area contributed by atoms with Gasteiger partial charge < -0.3 is 0 Å². The highest BCUT2D eigenvalue weighted by molar-refractivity contribution is 6.13. The molecule has 0 radical (unpaired) electrons. The molecule has 0 fully saturated rings. The van der Waals surface area contributed by atoms with Gasteiger partial charge in [-0.25, -0.2) is 9.98 Å². The molecule has 2 nitrogen and oxygen atoms in total. The molecular formula is C26H24N2. The second-order valence-corrected chi connectivity index (χ2v) is 7.07. The van der Waals surface area contributed by atoms with E-state index in [2.05, 4.69) is 73.7 Å². The summed E-state index contributed by atoms with van der Waals surface area (Å²) in [6.07, 6.45) is 5.22. The van der Waals surface area contributed by atoms with Gasteiger partial charge in [0.05, 0.1) is 11.4 Å². The number of allylic oxidation sites excluding steroid dienone is 1. The van der Waals surface area contributed by atoms with Crippen LogP contribution in [0.15, 0.2) is 101 Å². The summed E-state index contributed by atoms with van der Waals surface area (Å²) in [6, 6.07) is 29.3. The average Bonchev–Trinajstić information content (AvgIpc) is 2.86. The number of rotatable bonds is 3.